The Morgan fingerprint density at radius 2 is 2.08 bits per heavy atom. The maximum Gasteiger partial charge on any atom is 0.0343 e. The van der Waals surface area contributed by atoms with Gasteiger partial charge in [0, 0.05) is 5.69 Å². The molecule has 0 heterocycles. The Kier molecular flexibility index (Phi) is 3.13. The molecule has 0 fully saturated rings. The molecule has 1 aromatic rings. The van der Waals surface area contributed by atoms with Gasteiger partial charge in [0.25, 0.3) is 0 Å². The van der Waals surface area contributed by atoms with E-state index in [0.29, 0.717) is 0 Å². The zero-order valence-corrected chi connectivity index (χ0v) is 8.59. The molecular weight excluding hydrogens is 158 g/mol. The highest BCUT2D eigenvalue weighted by molar-refractivity contribution is 5.47. The molecule has 0 radical (unpaired) electrons. The predicted molar refractivity (Wildman–Crippen MR) is 58.7 cm³/mol. The number of anilines is 1. The number of allylic oxidation sites excluding steroid dienone is 2. The minimum Gasteiger partial charge on any atom is -0.399 e. The quantitative estimate of drug-likeness (QED) is 0.542. The van der Waals surface area contributed by atoms with E-state index >= 15 is 0 Å². The normalized spacial score (nSPS) is 9.77. The van der Waals surface area contributed by atoms with E-state index in [4.69, 9.17) is 5.73 Å². The van der Waals surface area contributed by atoms with Gasteiger partial charge in [-0.3, -0.25) is 0 Å². The molecule has 1 heteroatoms. The van der Waals surface area contributed by atoms with Crippen LogP contribution in [0, 0.1) is 6.92 Å². The zero-order valence-electron chi connectivity index (χ0n) is 8.59. The van der Waals surface area contributed by atoms with Crippen molar-refractivity contribution in [2.24, 2.45) is 0 Å². The molecule has 1 aromatic carbocycles. The first kappa shape index (κ1) is 9.85. The third-order valence-electron chi connectivity index (χ3n) is 2.08. The second-order valence-corrected chi connectivity index (χ2v) is 3.68. The summed E-state index contributed by atoms with van der Waals surface area (Å²) in [7, 11) is 0. The van der Waals surface area contributed by atoms with Crippen LogP contribution in [-0.2, 0) is 6.42 Å². The smallest absolute Gasteiger partial charge is 0.0343 e. The Bertz CT molecular complexity index is 320. The summed E-state index contributed by atoms with van der Waals surface area (Å²) >= 11 is 0. The standard InChI is InChI=1S/C12H17N/c1-9(2)4-5-11-6-7-12(13)10(3)8-11/h4,6-8H,5,13H2,1-3H3. The third kappa shape index (κ3) is 2.94. The predicted octanol–water partition coefficient (Wildman–Crippen LogP) is 3.09. The average molecular weight is 175 g/mol. The Hall–Kier alpha value is -1.24. The highest BCUT2D eigenvalue weighted by Crippen LogP contribution is 2.13. The van der Waals surface area contributed by atoms with Crippen molar-refractivity contribution >= 4 is 5.69 Å². The summed E-state index contributed by atoms with van der Waals surface area (Å²) in [5.74, 6) is 0. The third-order valence-corrected chi connectivity index (χ3v) is 2.08. The number of nitrogens with two attached hydrogens (primary N) is 1. The lowest BCUT2D eigenvalue weighted by Crippen LogP contribution is -1.91. The molecule has 2 N–H and O–H groups in total. The number of hydrogen-bond donors (Lipinski definition) is 1. The molecule has 0 saturated carbocycles. The first-order valence-electron chi connectivity index (χ1n) is 4.58. The summed E-state index contributed by atoms with van der Waals surface area (Å²) in [6, 6.07) is 6.21. The molecule has 1 rings (SSSR count). The van der Waals surface area contributed by atoms with Gasteiger partial charge in [-0.2, -0.15) is 0 Å². The summed E-state index contributed by atoms with van der Waals surface area (Å²) in [5.41, 5.74) is 10.5. The lowest BCUT2D eigenvalue weighted by molar-refractivity contribution is 1.20. The molecule has 1 nitrogen and oxygen atoms in total. The highest BCUT2D eigenvalue weighted by Gasteiger charge is 1.94. The van der Waals surface area contributed by atoms with Gasteiger partial charge in [0.05, 0.1) is 0 Å². The van der Waals surface area contributed by atoms with Crippen LogP contribution in [-0.4, -0.2) is 0 Å². The number of aryl methyl sites for hydroxylation is 1. The van der Waals surface area contributed by atoms with Crippen LogP contribution in [0.2, 0.25) is 0 Å². The van der Waals surface area contributed by atoms with Gasteiger partial charge in [-0.05, 0) is 44.4 Å². The molecule has 0 spiro atoms. The Labute approximate surface area is 80.3 Å². The van der Waals surface area contributed by atoms with Gasteiger partial charge in [-0.15, -0.1) is 0 Å². The van der Waals surface area contributed by atoms with E-state index in [-0.39, 0.29) is 0 Å². The van der Waals surface area contributed by atoms with Gasteiger partial charge in [0.1, 0.15) is 0 Å². The van der Waals surface area contributed by atoms with E-state index in [0.717, 1.165) is 12.1 Å². The van der Waals surface area contributed by atoms with Gasteiger partial charge < -0.3 is 5.73 Å². The number of nitrogen functional groups attached to an aromatic ring is 1. The van der Waals surface area contributed by atoms with Crippen molar-refractivity contribution in [3.05, 3.63) is 41.0 Å². The topological polar surface area (TPSA) is 26.0 Å². The van der Waals surface area contributed by atoms with Gasteiger partial charge in [-0.25, -0.2) is 0 Å². The SMILES string of the molecule is CC(C)=CCc1ccc(N)c(C)c1. The van der Waals surface area contributed by atoms with Crippen LogP contribution in [0.1, 0.15) is 25.0 Å². The molecule has 0 aliphatic carbocycles. The van der Waals surface area contributed by atoms with Crippen LogP contribution in [0.4, 0.5) is 5.69 Å². The summed E-state index contributed by atoms with van der Waals surface area (Å²) in [6.45, 7) is 6.27. The molecule has 0 bridgehead atoms. The van der Waals surface area contributed by atoms with Gasteiger partial charge in [0.2, 0.25) is 0 Å². The first-order chi connectivity index (χ1) is 6.09. The lowest BCUT2D eigenvalue weighted by Gasteiger charge is -2.02. The van der Waals surface area contributed by atoms with Crippen molar-refractivity contribution in [3.8, 4) is 0 Å². The summed E-state index contributed by atoms with van der Waals surface area (Å²) < 4.78 is 0. The molecule has 0 unspecified atom stereocenters. The molecule has 13 heavy (non-hydrogen) atoms. The average Bonchev–Trinajstić information content (AvgIpc) is 2.07. The minimum atomic E-state index is 0.876. The van der Waals surface area contributed by atoms with Gasteiger partial charge in [0.15, 0.2) is 0 Å². The van der Waals surface area contributed by atoms with Crippen LogP contribution < -0.4 is 5.73 Å². The van der Waals surface area contributed by atoms with Crippen molar-refractivity contribution in [1.82, 2.24) is 0 Å². The largest absolute Gasteiger partial charge is 0.399 e. The van der Waals surface area contributed by atoms with Crippen molar-refractivity contribution in [1.29, 1.82) is 0 Å². The molecule has 70 valence electrons. The van der Waals surface area contributed by atoms with Crippen molar-refractivity contribution in [3.63, 3.8) is 0 Å². The Balaban J connectivity index is 2.80. The molecule has 0 saturated heterocycles. The van der Waals surface area contributed by atoms with Crippen LogP contribution >= 0.6 is 0 Å². The molecule has 0 aliphatic heterocycles. The van der Waals surface area contributed by atoms with E-state index in [1.54, 1.807) is 0 Å². The van der Waals surface area contributed by atoms with Crippen LogP contribution in [0.15, 0.2) is 29.8 Å². The Morgan fingerprint density at radius 1 is 1.38 bits per heavy atom. The molecule has 0 aliphatic rings. The molecule has 0 amide bonds. The van der Waals surface area contributed by atoms with Crippen LogP contribution in [0.5, 0.6) is 0 Å². The van der Waals surface area contributed by atoms with E-state index in [9.17, 15) is 0 Å². The fraction of sp³-hybridized carbons (Fsp3) is 0.333. The maximum absolute atomic E-state index is 5.73. The zero-order chi connectivity index (χ0) is 9.84. The van der Waals surface area contributed by atoms with Crippen molar-refractivity contribution < 1.29 is 0 Å². The van der Waals surface area contributed by atoms with Gasteiger partial charge >= 0.3 is 0 Å². The molecule has 0 aromatic heterocycles. The monoisotopic (exact) mass is 175 g/mol. The second-order valence-electron chi connectivity index (χ2n) is 3.68. The molecule has 0 atom stereocenters. The number of benzene rings is 1. The van der Waals surface area contributed by atoms with E-state index in [2.05, 4.69) is 32.1 Å². The summed E-state index contributed by atoms with van der Waals surface area (Å²) in [6.07, 6.45) is 3.23. The highest BCUT2D eigenvalue weighted by atomic mass is 14.5. The number of hydrogen-bond acceptors (Lipinski definition) is 1. The van der Waals surface area contributed by atoms with Crippen LogP contribution in [0.25, 0.3) is 0 Å². The van der Waals surface area contributed by atoms with E-state index in [1.165, 1.54) is 16.7 Å². The fourth-order valence-electron chi connectivity index (χ4n) is 1.19. The maximum atomic E-state index is 5.73. The summed E-state index contributed by atoms with van der Waals surface area (Å²) in [5, 5.41) is 0. The second kappa shape index (κ2) is 4.13. The fourth-order valence-corrected chi connectivity index (χ4v) is 1.19. The van der Waals surface area contributed by atoms with Crippen molar-refractivity contribution in [2.75, 3.05) is 5.73 Å². The first-order valence-corrected chi connectivity index (χ1v) is 4.58. The van der Waals surface area contributed by atoms with Crippen molar-refractivity contribution in [2.45, 2.75) is 27.2 Å². The Morgan fingerprint density at radius 3 is 2.62 bits per heavy atom. The van der Waals surface area contributed by atoms with Crippen LogP contribution in [0.3, 0.4) is 0 Å². The van der Waals surface area contributed by atoms with E-state index < -0.39 is 0 Å². The van der Waals surface area contributed by atoms with Gasteiger partial charge in [-0.1, -0.05) is 23.8 Å². The van der Waals surface area contributed by atoms with E-state index in [1.807, 2.05) is 13.0 Å². The lowest BCUT2D eigenvalue weighted by atomic mass is 10.1. The minimum absolute atomic E-state index is 0.876. The molecular formula is C12H17N. The summed E-state index contributed by atoms with van der Waals surface area (Å²) in [4.78, 5) is 0. The number of rotatable bonds is 2.